The van der Waals surface area contributed by atoms with Gasteiger partial charge in [-0.25, -0.2) is 0 Å². The Hall–Kier alpha value is -3.19. The topological polar surface area (TPSA) is 85.5 Å². The number of aromatic nitrogens is 2. The standard InChI is InChI=1S/C19H16ClN3O4/c1-25-15-5-3-2-4-12(15)14-10-17(23-22-14)21-19(24)11-8-13(20)18-16(9-11)26-6-7-27-18/h2-5,8-10H,6-7H2,1H3,(H2,21,22,23,24). The number of hydrogen-bond acceptors (Lipinski definition) is 5. The molecule has 0 spiro atoms. The first-order valence-electron chi connectivity index (χ1n) is 8.25. The lowest BCUT2D eigenvalue weighted by atomic mass is 10.1. The second-order valence-corrected chi connectivity index (χ2v) is 6.21. The Morgan fingerprint density at radius 1 is 1.22 bits per heavy atom. The third kappa shape index (κ3) is 3.41. The number of H-pyrrole nitrogens is 1. The molecule has 138 valence electrons. The van der Waals surface area contributed by atoms with Crippen LogP contribution in [0.15, 0.2) is 42.5 Å². The number of fused-ring (bicyclic) bond motifs is 1. The van der Waals surface area contributed by atoms with Gasteiger partial charge in [-0.3, -0.25) is 9.89 Å². The number of methoxy groups -OCH3 is 1. The van der Waals surface area contributed by atoms with Crippen molar-refractivity contribution >= 4 is 23.3 Å². The Labute approximate surface area is 160 Å². The predicted molar refractivity (Wildman–Crippen MR) is 101 cm³/mol. The minimum absolute atomic E-state index is 0.328. The summed E-state index contributed by atoms with van der Waals surface area (Å²) in [4.78, 5) is 12.6. The average molecular weight is 386 g/mol. The van der Waals surface area contributed by atoms with Crippen LogP contribution >= 0.6 is 11.6 Å². The summed E-state index contributed by atoms with van der Waals surface area (Å²) < 4.78 is 16.3. The fourth-order valence-corrected chi connectivity index (χ4v) is 3.09. The van der Waals surface area contributed by atoms with Gasteiger partial charge in [-0.15, -0.1) is 0 Å². The number of para-hydroxylation sites is 1. The molecule has 2 N–H and O–H groups in total. The van der Waals surface area contributed by atoms with Crippen LogP contribution in [0.1, 0.15) is 10.4 Å². The number of nitrogens with one attached hydrogen (secondary N) is 2. The molecular formula is C19H16ClN3O4. The average Bonchev–Trinajstić information content (AvgIpc) is 3.16. The van der Waals surface area contributed by atoms with Crippen molar-refractivity contribution in [1.82, 2.24) is 10.2 Å². The van der Waals surface area contributed by atoms with E-state index in [0.717, 1.165) is 11.3 Å². The van der Waals surface area contributed by atoms with Crippen LogP contribution in [0.5, 0.6) is 17.2 Å². The van der Waals surface area contributed by atoms with Gasteiger partial charge in [0.15, 0.2) is 17.3 Å². The van der Waals surface area contributed by atoms with E-state index in [1.54, 1.807) is 19.2 Å². The largest absolute Gasteiger partial charge is 0.496 e. The lowest BCUT2D eigenvalue weighted by molar-refractivity contribution is 0.102. The molecule has 8 heteroatoms. The highest BCUT2D eigenvalue weighted by Crippen LogP contribution is 2.38. The molecule has 0 unspecified atom stereocenters. The van der Waals surface area contributed by atoms with E-state index < -0.39 is 0 Å². The maximum absolute atomic E-state index is 12.6. The molecule has 0 fully saturated rings. The molecule has 1 aromatic heterocycles. The highest BCUT2D eigenvalue weighted by molar-refractivity contribution is 6.32. The second-order valence-electron chi connectivity index (χ2n) is 5.80. The van der Waals surface area contributed by atoms with Crippen molar-refractivity contribution in [2.45, 2.75) is 0 Å². The lowest BCUT2D eigenvalue weighted by Gasteiger charge is -2.20. The number of nitrogens with zero attached hydrogens (tertiary/aromatic N) is 1. The van der Waals surface area contributed by atoms with Gasteiger partial charge in [-0.2, -0.15) is 5.10 Å². The zero-order chi connectivity index (χ0) is 18.8. The number of carbonyl (C=O) groups excluding carboxylic acids is 1. The van der Waals surface area contributed by atoms with E-state index in [1.807, 2.05) is 24.3 Å². The molecule has 1 amide bonds. The zero-order valence-corrected chi connectivity index (χ0v) is 15.2. The summed E-state index contributed by atoms with van der Waals surface area (Å²) >= 11 is 6.19. The van der Waals surface area contributed by atoms with E-state index in [0.29, 0.717) is 46.9 Å². The fraction of sp³-hybridized carbons (Fsp3) is 0.158. The van der Waals surface area contributed by atoms with Crippen LogP contribution < -0.4 is 19.5 Å². The predicted octanol–water partition coefficient (Wildman–Crippen LogP) is 3.76. The summed E-state index contributed by atoms with van der Waals surface area (Å²) in [5, 5.41) is 10.1. The van der Waals surface area contributed by atoms with Crippen LogP contribution in [0.25, 0.3) is 11.3 Å². The Kier molecular flexibility index (Phi) is 4.60. The second kappa shape index (κ2) is 7.20. The first-order chi connectivity index (χ1) is 13.2. The summed E-state index contributed by atoms with van der Waals surface area (Å²) in [5.41, 5.74) is 1.92. The van der Waals surface area contributed by atoms with E-state index in [-0.39, 0.29) is 5.91 Å². The Bertz CT molecular complexity index is 1000. The van der Waals surface area contributed by atoms with Gasteiger partial charge in [0.25, 0.3) is 5.91 Å². The Morgan fingerprint density at radius 2 is 2.04 bits per heavy atom. The zero-order valence-electron chi connectivity index (χ0n) is 14.4. The van der Waals surface area contributed by atoms with E-state index in [2.05, 4.69) is 15.5 Å². The van der Waals surface area contributed by atoms with Crippen LogP contribution in [0.3, 0.4) is 0 Å². The molecular weight excluding hydrogens is 370 g/mol. The summed E-state index contributed by atoms with van der Waals surface area (Å²) in [7, 11) is 1.60. The first kappa shape index (κ1) is 17.2. The van der Waals surface area contributed by atoms with Crippen LogP contribution in [0, 0.1) is 0 Å². The molecule has 0 aliphatic carbocycles. The number of benzene rings is 2. The van der Waals surface area contributed by atoms with E-state index in [9.17, 15) is 4.79 Å². The Balaban J connectivity index is 1.56. The molecule has 0 radical (unpaired) electrons. The molecule has 0 saturated carbocycles. The molecule has 0 bridgehead atoms. The Morgan fingerprint density at radius 3 is 2.89 bits per heavy atom. The number of rotatable bonds is 4. The van der Waals surface area contributed by atoms with Gasteiger partial charge in [0.1, 0.15) is 19.0 Å². The number of ether oxygens (including phenoxy) is 3. The van der Waals surface area contributed by atoms with Gasteiger partial charge in [0, 0.05) is 17.2 Å². The van der Waals surface area contributed by atoms with E-state index in [1.165, 1.54) is 6.07 Å². The third-order valence-corrected chi connectivity index (χ3v) is 4.36. The normalized spacial score (nSPS) is 12.5. The molecule has 4 rings (SSSR count). The number of halogens is 1. The van der Waals surface area contributed by atoms with Gasteiger partial charge in [-0.1, -0.05) is 23.7 Å². The van der Waals surface area contributed by atoms with Crippen molar-refractivity contribution in [1.29, 1.82) is 0 Å². The lowest BCUT2D eigenvalue weighted by Crippen LogP contribution is -2.17. The highest BCUT2D eigenvalue weighted by atomic mass is 35.5. The molecule has 3 aromatic rings. The maximum atomic E-state index is 12.6. The quantitative estimate of drug-likeness (QED) is 0.714. The van der Waals surface area contributed by atoms with Crippen LogP contribution in [0.4, 0.5) is 5.82 Å². The number of hydrogen-bond donors (Lipinski definition) is 2. The molecule has 0 saturated heterocycles. The monoisotopic (exact) mass is 385 g/mol. The van der Waals surface area contributed by atoms with Gasteiger partial charge in [0.05, 0.1) is 17.8 Å². The van der Waals surface area contributed by atoms with Gasteiger partial charge in [0.2, 0.25) is 0 Å². The molecule has 1 aliphatic rings. The number of aromatic amines is 1. The number of amides is 1. The number of carbonyl (C=O) groups is 1. The van der Waals surface area contributed by atoms with Gasteiger partial charge >= 0.3 is 0 Å². The number of anilines is 1. The van der Waals surface area contributed by atoms with Crippen molar-refractivity contribution in [3.05, 3.63) is 53.1 Å². The maximum Gasteiger partial charge on any atom is 0.257 e. The summed E-state index contributed by atoms with van der Waals surface area (Å²) in [5.74, 6) is 1.64. The van der Waals surface area contributed by atoms with Gasteiger partial charge in [-0.05, 0) is 24.3 Å². The minimum atomic E-state index is -0.355. The van der Waals surface area contributed by atoms with E-state index in [4.69, 9.17) is 25.8 Å². The van der Waals surface area contributed by atoms with E-state index >= 15 is 0 Å². The van der Waals surface area contributed by atoms with Crippen molar-refractivity contribution in [2.75, 3.05) is 25.6 Å². The molecule has 2 aromatic carbocycles. The SMILES string of the molecule is COc1ccccc1-c1cc(NC(=O)c2cc(Cl)c3c(c2)OCCO3)n[nH]1. The van der Waals surface area contributed by atoms with Crippen molar-refractivity contribution in [2.24, 2.45) is 0 Å². The third-order valence-electron chi connectivity index (χ3n) is 4.08. The minimum Gasteiger partial charge on any atom is -0.496 e. The summed E-state index contributed by atoms with van der Waals surface area (Å²) in [6.07, 6.45) is 0. The molecule has 2 heterocycles. The fourth-order valence-electron chi connectivity index (χ4n) is 2.82. The van der Waals surface area contributed by atoms with Gasteiger partial charge < -0.3 is 19.5 Å². The smallest absolute Gasteiger partial charge is 0.257 e. The van der Waals surface area contributed by atoms with Crippen molar-refractivity contribution < 1.29 is 19.0 Å². The van der Waals surface area contributed by atoms with Crippen LogP contribution in [-0.2, 0) is 0 Å². The van der Waals surface area contributed by atoms with Crippen molar-refractivity contribution in [3.63, 3.8) is 0 Å². The van der Waals surface area contributed by atoms with Crippen LogP contribution in [0.2, 0.25) is 5.02 Å². The summed E-state index contributed by atoms with van der Waals surface area (Å²) in [6.45, 7) is 0.841. The van der Waals surface area contributed by atoms with Crippen molar-refractivity contribution in [3.8, 4) is 28.5 Å². The summed E-state index contributed by atoms with van der Waals surface area (Å²) in [6, 6.07) is 12.4. The molecule has 1 aliphatic heterocycles. The van der Waals surface area contributed by atoms with Crippen LogP contribution in [-0.4, -0.2) is 36.4 Å². The highest BCUT2D eigenvalue weighted by Gasteiger charge is 2.20. The molecule has 0 atom stereocenters. The molecule has 27 heavy (non-hydrogen) atoms. The molecule has 7 nitrogen and oxygen atoms in total. The first-order valence-corrected chi connectivity index (χ1v) is 8.63.